The van der Waals surface area contributed by atoms with Gasteiger partial charge in [0.15, 0.2) is 5.76 Å². The van der Waals surface area contributed by atoms with Crippen molar-refractivity contribution >= 4 is 15.9 Å². The Bertz CT molecular complexity index is 1120. The molecule has 1 unspecified atom stereocenters. The summed E-state index contributed by atoms with van der Waals surface area (Å²) in [4.78, 5) is 12.6. The first-order chi connectivity index (χ1) is 14.2. The van der Waals surface area contributed by atoms with E-state index in [1.165, 1.54) is 29.6 Å². The molecule has 1 N–H and O–H groups in total. The van der Waals surface area contributed by atoms with Gasteiger partial charge in [-0.05, 0) is 55.8 Å². The van der Waals surface area contributed by atoms with Gasteiger partial charge in [0.2, 0.25) is 10.0 Å². The number of nitrogens with zero attached hydrogens (tertiary/aromatic N) is 1. The van der Waals surface area contributed by atoms with Gasteiger partial charge < -0.3 is 9.73 Å². The molecule has 0 aliphatic heterocycles. The zero-order valence-corrected chi connectivity index (χ0v) is 17.7. The molecule has 2 aromatic carbocycles. The summed E-state index contributed by atoms with van der Waals surface area (Å²) in [6.07, 6.45) is 0. The van der Waals surface area contributed by atoms with Gasteiger partial charge in [0.25, 0.3) is 5.91 Å². The van der Waals surface area contributed by atoms with Crippen LogP contribution in [0.5, 0.6) is 0 Å². The predicted molar refractivity (Wildman–Crippen MR) is 111 cm³/mol. The molecule has 0 aliphatic rings. The summed E-state index contributed by atoms with van der Waals surface area (Å²) < 4.78 is 45.1. The first kappa shape index (κ1) is 21.7. The first-order valence-electron chi connectivity index (χ1n) is 9.35. The Balaban J connectivity index is 1.66. The highest BCUT2D eigenvalue weighted by atomic mass is 32.2. The van der Waals surface area contributed by atoms with Gasteiger partial charge in [-0.1, -0.05) is 29.8 Å². The van der Waals surface area contributed by atoms with Crippen LogP contribution < -0.4 is 5.32 Å². The molecule has 0 saturated heterocycles. The van der Waals surface area contributed by atoms with E-state index in [-0.39, 0.29) is 29.1 Å². The molecule has 0 spiro atoms. The third kappa shape index (κ3) is 4.95. The molecule has 1 aromatic heterocycles. The quantitative estimate of drug-likeness (QED) is 0.614. The Hall–Kier alpha value is -2.97. The highest BCUT2D eigenvalue weighted by molar-refractivity contribution is 7.89. The maximum Gasteiger partial charge on any atom is 0.287 e. The van der Waals surface area contributed by atoms with Crippen LogP contribution >= 0.6 is 0 Å². The smallest absolute Gasteiger partial charge is 0.287 e. The van der Waals surface area contributed by atoms with E-state index in [1.54, 1.807) is 49.4 Å². The second kappa shape index (κ2) is 8.81. The number of aryl methyl sites for hydroxylation is 1. The van der Waals surface area contributed by atoms with E-state index >= 15 is 0 Å². The average Bonchev–Trinajstić information content (AvgIpc) is 3.17. The fourth-order valence-corrected chi connectivity index (χ4v) is 4.02. The summed E-state index contributed by atoms with van der Waals surface area (Å²) in [6.45, 7) is 3.64. The minimum absolute atomic E-state index is 0.0169. The van der Waals surface area contributed by atoms with Gasteiger partial charge in [0.1, 0.15) is 11.6 Å². The molecule has 3 aromatic rings. The minimum Gasteiger partial charge on any atom is -0.455 e. The van der Waals surface area contributed by atoms with E-state index in [0.717, 1.165) is 11.1 Å². The largest absolute Gasteiger partial charge is 0.455 e. The van der Waals surface area contributed by atoms with Gasteiger partial charge in [-0.25, -0.2) is 12.8 Å². The molecule has 0 fully saturated rings. The van der Waals surface area contributed by atoms with Crippen LogP contribution in [0.2, 0.25) is 0 Å². The zero-order chi connectivity index (χ0) is 21.9. The van der Waals surface area contributed by atoms with Crippen LogP contribution in [0.3, 0.4) is 0 Å². The summed E-state index contributed by atoms with van der Waals surface area (Å²) >= 11 is 0. The summed E-state index contributed by atoms with van der Waals surface area (Å²) in [7, 11) is -2.23. The molecule has 0 bridgehead atoms. The first-order valence-corrected chi connectivity index (χ1v) is 10.8. The Morgan fingerprint density at radius 2 is 1.70 bits per heavy atom. The lowest BCUT2D eigenvalue weighted by molar-refractivity contribution is 0.0909. The van der Waals surface area contributed by atoms with Crippen molar-refractivity contribution in [3.8, 4) is 0 Å². The standard InChI is InChI=1S/C22H23FN2O4S/c1-15-4-11-20(12-5-15)30(27,28)25(3)14-19-10-13-21(29-19)22(26)24-16(2)17-6-8-18(23)9-7-17/h4-13,16H,14H2,1-3H3,(H,24,26). The van der Waals surface area contributed by atoms with Crippen molar-refractivity contribution in [3.63, 3.8) is 0 Å². The van der Waals surface area contributed by atoms with Crippen molar-refractivity contribution in [2.45, 2.75) is 31.3 Å². The van der Waals surface area contributed by atoms with E-state index in [2.05, 4.69) is 5.32 Å². The van der Waals surface area contributed by atoms with Crippen molar-refractivity contribution in [1.29, 1.82) is 0 Å². The van der Waals surface area contributed by atoms with Crippen molar-refractivity contribution in [2.75, 3.05) is 7.05 Å². The van der Waals surface area contributed by atoms with E-state index in [0.29, 0.717) is 5.76 Å². The fourth-order valence-electron chi connectivity index (χ4n) is 2.88. The lowest BCUT2D eigenvalue weighted by Crippen LogP contribution is -2.27. The van der Waals surface area contributed by atoms with Crippen LogP contribution in [0, 0.1) is 12.7 Å². The molecular weight excluding hydrogens is 407 g/mol. The number of furan rings is 1. The summed E-state index contributed by atoms with van der Waals surface area (Å²) in [5, 5.41) is 2.77. The molecule has 158 valence electrons. The molecule has 1 amide bonds. The normalized spacial score (nSPS) is 12.7. The SMILES string of the molecule is Cc1ccc(S(=O)(=O)N(C)Cc2ccc(C(=O)NC(C)c3ccc(F)cc3)o2)cc1. The highest BCUT2D eigenvalue weighted by Crippen LogP contribution is 2.19. The van der Waals surface area contributed by atoms with E-state index in [9.17, 15) is 17.6 Å². The number of hydrogen-bond acceptors (Lipinski definition) is 4. The molecule has 30 heavy (non-hydrogen) atoms. The van der Waals surface area contributed by atoms with Crippen molar-refractivity contribution in [1.82, 2.24) is 9.62 Å². The fraction of sp³-hybridized carbons (Fsp3) is 0.227. The summed E-state index contributed by atoms with van der Waals surface area (Å²) in [5.41, 5.74) is 1.72. The Morgan fingerprint density at radius 3 is 2.33 bits per heavy atom. The Morgan fingerprint density at radius 1 is 1.07 bits per heavy atom. The van der Waals surface area contributed by atoms with Crippen molar-refractivity contribution in [2.24, 2.45) is 0 Å². The molecule has 0 saturated carbocycles. The highest BCUT2D eigenvalue weighted by Gasteiger charge is 2.23. The third-order valence-electron chi connectivity index (χ3n) is 4.71. The van der Waals surface area contributed by atoms with Crippen molar-refractivity contribution in [3.05, 3.63) is 89.1 Å². The molecular formula is C22H23FN2O4S. The number of carbonyl (C=O) groups is 1. The zero-order valence-electron chi connectivity index (χ0n) is 16.9. The van der Waals surface area contributed by atoms with Gasteiger partial charge in [-0.15, -0.1) is 0 Å². The second-order valence-corrected chi connectivity index (χ2v) is 9.13. The lowest BCUT2D eigenvalue weighted by atomic mass is 10.1. The van der Waals surface area contributed by atoms with E-state index in [1.807, 2.05) is 6.92 Å². The number of halogens is 1. The maximum absolute atomic E-state index is 13.0. The number of benzene rings is 2. The summed E-state index contributed by atoms with van der Waals surface area (Å²) in [6, 6.07) is 15.1. The van der Waals surface area contributed by atoms with E-state index < -0.39 is 15.9 Å². The van der Waals surface area contributed by atoms with Crippen molar-refractivity contribution < 1.29 is 22.0 Å². The number of amides is 1. The van der Waals surface area contributed by atoms with Gasteiger partial charge in [-0.3, -0.25) is 4.79 Å². The molecule has 6 nitrogen and oxygen atoms in total. The number of hydrogen-bond donors (Lipinski definition) is 1. The molecule has 0 radical (unpaired) electrons. The lowest BCUT2D eigenvalue weighted by Gasteiger charge is -2.16. The van der Waals surface area contributed by atoms with Crippen LogP contribution in [0.4, 0.5) is 4.39 Å². The molecule has 1 atom stereocenters. The summed E-state index contributed by atoms with van der Waals surface area (Å²) in [5.74, 6) is -0.382. The number of sulfonamides is 1. The monoisotopic (exact) mass is 430 g/mol. The van der Waals surface area contributed by atoms with Crippen LogP contribution in [0.1, 0.15) is 40.4 Å². The van der Waals surface area contributed by atoms with Crippen LogP contribution in [0.15, 0.2) is 70.0 Å². The number of carbonyl (C=O) groups excluding carboxylic acids is 1. The van der Waals surface area contributed by atoms with Gasteiger partial charge >= 0.3 is 0 Å². The topological polar surface area (TPSA) is 79.6 Å². The van der Waals surface area contributed by atoms with E-state index in [4.69, 9.17) is 4.42 Å². The Labute approximate surface area is 175 Å². The molecule has 3 rings (SSSR count). The molecule has 1 heterocycles. The minimum atomic E-state index is -3.68. The number of nitrogens with one attached hydrogen (secondary N) is 1. The van der Waals surface area contributed by atoms with Crippen LogP contribution in [-0.4, -0.2) is 25.7 Å². The number of rotatable bonds is 7. The third-order valence-corrected chi connectivity index (χ3v) is 6.53. The predicted octanol–water partition coefficient (Wildman–Crippen LogP) is 4.04. The second-order valence-electron chi connectivity index (χ2n) is 7.09. The Kier molecular flexibility index (Phi) is 6.38. The van der Waals surface area contributed by atoms with Crippen LogP contribution in [-0.2, 0) is 16.6 Å². The average molecular weight is 431 g/mol. The molecule has 8 heteroatoms. The van der Waals surface area contributed by atoms with Gasteiger partial charge in [0.05, 0.1) is 17.5 Å². The van der Waals surface area contributed by atoms with Gasteiger partial charge in [-0.2, -0.15) is 4.31 Å². The maximum atomic E-state index is 13.0. The molecule has 0 aliphatic carbocycles. The van der Waals surface area contributed by atoms with Crippen LogP contribution in [0.25, 0.3) is 0 Å². The van der Waals surface area contributed by atoms with Gasteiger partial charge in [0, 0.05) is 7.05 Å².